The maximum absolute atomic E-state index is 11.9. The van der Waals surface area contributed by atoms with Crippen molar-refractivity contribution in [1.29, 1.82) is 0 Å². The molecule has 2 aromatic rings. The van der Waals surface area contributed by atoms with E-state index in [9.17, 15) is 9.59 Å². The highest BCUT2D eigenvalue weighted by Crippen LogP contribution is 2.19. The van der Waals surface area contributed by atoms with Crippen LogP contribution in [0.1, 0.15) is 21.0 Å². The van der Waals surface area contributed by atoms with Crippen LogP contribution in [0.15, 0.2) is 41.3 Å². The SMILES string of the molecule is CSc1cccc(NC(=O)c2ccc(C=O)[nH]2)c1. The number of aromatic nitrogens is 1. The van der Waals surface area contributed by atoms with E-state index in [4.69, 9.17) is 0 Å². The van der Waals surface area contributed by atoms with Crippen LogP contribution in [0, 0.1) is 0 Å². The zero-order valence-electron chi connectivity index (χ0n) is 9.77. The lowest BCUT2D eigenvalue weighted by molar-refractivity contribution is 0.102. The Hall–Kier alpha value is -2.01. The zero-order chi connectivity index (χ0) is 13.0. The third kappa shape index (κ3) is 2.81. The number of anilines is 1. The van der Waals surface area contributed by atoms with Gasteiger partial charge in [-0.05, 0) is 36.6 Å². The van der Waals surface area contributed by atoms with Crippen LogP contribution in [-0.4, -0.2) is 23.4 Å². The number of carbonyl (C=O) groups excluding carboxylic acids is 2. The fraction of sp³-hybridized carbons (Fsp3) is 0.0769. The van der Waals surface area contributed by atoms with E-state index in [-0.39, 0.29) is 5.91 Å². The van der Waals surface area contributed by atoms with Gasteiger partial charge in [-0.3, -0.25) is 9.59 Å². The van der Waals surface area contributed by atoms with E-state index < -0.39 is 0 Å². The number of aromatic amines is 1. The molecule has 0 saturated carbocycles. The summed E-state index contributed by atoms with van der Waals surface area (Å²) in [7, 11) is 0. The zero-order valence-corrected chi connectivity index (χ0v) is 10.6. The van der Waals surface area contributed by atoms with Gasteiger partial charge in [0.05, 0.1) is 5.69 Å². The van der Waals surface area contributed by atoms with Crippen LogP contribution in [-0.2, 0) is 0 Å². The number of aldehydes is 1. The van der Waals surface area contributed by atoms with Gasteiger partial charge in [0.15, 0.2) is 6.29 Å². The summed E-state index contributed by atoms with van der Waals surface area (Å²) in [5.41, 5.74) is 1.48. The summed E-state index contributed by atoms with van der Waals surface area (Å²) in [6.07, 6.45) is 2.65. The molecule has 1 heterocycles. The number of nitrogens with one attached hydrogen (secondary N) is 2. The minimum Gasteiger partial charge on any atom is -0.348 e. The lowest BCUT2D eigenvalue weighted by atomic mass is 10.3. The molecule has 1 amide bonds. The third-order valence-corrected chi connectivity index (χ3v) is 3.13. The van der Waals surface area contributed by atoms with Crippen LogP contribution in [0.5, 0.6) is 0 Å². The van der Waals surface area contributed by atoms with Crippen molar-refractivity contribution in [3.8, 4) is 0 Å². The molecule has 0 aliphatic rings. The van der Waals surface area contributed by atoms with Gasteiger partial charge in [0.2, 0.25) is 0 Å². The van der Waals surface area contributed by atoms with Crippen molar-refractivity contribution in [2.45, 2.75) is 4.90 Å². The number of thioether (sulfide) groups is 1. The van der Waals surface area contributed by atoms with Crippen LogP contribution in [0.2, 0.25) is 0 Å². The molecule has 2 rings (SSSR count). The quantitative estimate of drug-likeness (QED) is 0.656. The Kier molecular flexibility index (Phi) is 3.84. The van der Waals surface area contributed by atoms with Crippen LogP contribution in [0.4, 0.5) is 5.69 Å². The lowest BCUT2D eigenvalue weighted by Gasteiger charge is -2.05. The molecule has 0 saturated heterocycles. The number of carbonyl (C=O) groups is 2. The molecule has 0 fully saturated rings. The topological polar surface area (TPSA) is 62.0 Å². The highest BCUT2D eigenvalue weighted by atomic mass is 32.2. The van der Waals surface area contributed by atoms with E-state index in [2.05, 4.69) is 10.3 Å². The number of hydrogen-bond donors (Lipinski definition) is 2. The Bertz CT molecular complexity index is 578. The number of benzene rings is 1. The summed E-state index contributed by atoms with van der Waals surface area (Å²) in [6.45, 7) is 0. The van der Waals surface area contributed by atoms with Crippen molar-refractivity contribution in [2.24, 2.45) is 0 Å². The Balaban J connectivity index is 2.12. The first-order chi connectivity index (χ1) is 8.72. The molecule has 0 aliphatic heterocycles. The van der Waals surface area contributed by atoms with Crippen LogP contribution in [0.25, 0.3) is 0 Å². The third-order valence-electron chi connectivity index (χ3n) is 2.41. The minimum atomic E-state index is -0.263. The molecule has 0 spiro atoms. The largest absolute Gasteiger partial charge is 0.348 e. The van der Waals surface area contributed by atoms with Gasteiger partial charge in [0.1, 0.15) is 5.69 Å². The Morgan fingerprint density at radius 2 is 2.17 bits per heavy atom. The number of amides is 1. The summed E-state index contributed by atoms with van der Waals surface area (Å²) >= 11 is 1.61. The maximum atomic E-state index is 11.9. The fourth-order valence-corrected chi connectivity index (χ4v) is 1.97. The predicted octanol–water partition coefficient (Wildman–Crippen LogP) is 2.80. The molecule has 2 N–H and O–H groups in total. The minimum absolute atomic E-state index is 0.263. The van der Waals surface area contributed by atoms with Gasteiger partial charge in [-0.15, -0.1) is 11.8 Å². The summed E-state index contributed by atoms with van der Waals surface area (Å²) in [5.74, 6) is -0.263. The molecule has 92 valence electrons. The van der Waals surface area contributed by atoms with Gasteiger partial charge in [0, 0.05) is 10.6 Å². The van der Waals surface area contributed by atoms with E-state index in [0.717, 1.165) is 10.6 Å². The second-order valence-corrected chi connectivity index (χ2v) is 4.51. The highest BCUT2D eigenvalue weighted by Gasteiger charge is 2.08. The van der Waals surface area contributed by atoms with Crippen molar-refractivity contribution >= 4 is 29.6 Å². The maximum Gasteiger partial charge on any atom is 0.272 e. The standard InChI is InChI=1S/C13H12N2O2S/c1-18-11-4-2-3-9(7-11)15-13(17)12-6-5-10(8-16)14-12/h2-8,14H,1H3,(H,15,17). The monoisotopic (exact) mass is 260 g/mol. The van der Waals surface area contributed by atoms with Crippen molar-refractivity contribution < 1.29 is 9.59 Å². The van der Waals surface area contributed by atoms with E-state index in [1.165, 1.54) is 0 Å². The molecule has 1 aromatic heterocycles. The van der Waals surface area contributed by atoms with Crippen molar-refractivity contribution in [3.05, 3.63) is 47.8 Å². The van der Waals surface area contributed by atoms with Crippen LogP contribution >= 0.6 is 11.8 Å². The van der Waals surface area contributed by atoms with E-state index in [1.54, 1.807) is 23.9 Å². The predicted molar refractivity (Wildman–Crippen MR) is 72.4 cm³/mol. The summed E-state index contributed by atoms with van der Waals surface area (Å²) in [6, 6.07) is 10.7. The first-order valence-corrected chi connectivity index (χ1v) is 6.55. The molecule has 0 bridgehead atoms. The second kappa shape index (κ2) is 5.55. The fourth-order valence-electron chi connectivity index (χ4n) is 1.51. The van der Waals surface area contributed by atoms with Gasteiger partial charge >= 0.3 is 0 Å². The second-order valence-electron chi connectivity index (χ2n) is 3.63. The average Bonchev–Trinajstić information content (AvgIpc) is 2.88. The number of H-pyrrole nitrogens is 1. The number of hydrogen-bond acceptors (Lipinski definition) is 3. The molecule has 4 nitrogen and oxygen atoms in total. The van der Waals surface area contributed by atoms with Crippen molar-refractivity contribution in [3.63, 3.8) is 0 Å². The average molecular weight is 260 g/mol. The molecular weight excluding hydrogens is 248 g/mol. The van der Waals surface area contributed by atoms with Crippen LogP contribution in [0.3, 0.4) is 0 Å². The molecule has 18 heavy (non-hydrogen) atoms. The van der Waals surface area contributed by atoms with Gasteiger partial charge in [-0.1, -0.05) is 6.07 Å². The van der Waals surface area contributed by atoms with Gasteiger partial charge in [0.25, 0.3) is 5.91 Å². The Morgan fingerprint density at radius 1 is 1.33 bits per heavy atom. The van der Waals surface area contributed by atoms with E-state index in [1.807, 2.05) is 30.5 Å². The lowest BCUT2D eigenvalue weighted by Crippen LogP contribution is -2.12. The summed E-state index contributed by atoms with van der Waals surface area (Å²) in [4.78, 5) is 26.2. The van der Waals surface area contributed by atoms with E-state index >= 15 is 0 Å². The normalized spacial score (nSPS) is 10.1. The molecular formula is C13H12N2O2S. The van der Waals surface area contributed by atoms with E-state index in [0.29, 0.717) is 17.7 Å². The number of rotatable bonds is 4. The first-order valence-electron chi connectivity index (χ1n) is 5.32. The smallest absolute Gasteiger partial charge is 0.272 e. The van der Waals surface area contributed by atoms with Crippen molar-refractivity contribution in [1.82, 2.24) is 4.98 Å². The molecule has 0 unspecified atom stereocenters. The summed E-state index contributed by atoms with van der Waals surface area (Å²) < 4.78 is 0. The Labute approximate surface area is 109 Å². The van der Waals surface area contributed by atoms with Crippen molar-refractivity contribution in [2.75, 3.05) is 11.6 Å². The summed E-state index contributed by atoms with van der Waals surface area (Å²) in [5, 5.41) is 2.77. The Morgan fingerprint density at radius 3 is 2.83 bits per heavy atom. The van der Waals surface area contributed by atoms with Gasteiger partial charge in [-0.25, -0.2) is 0 Å². The first kappa shape index (κ1) is 12.4. The van der Waals surface area contributed by atoms with Crippen LogP contribution < -0.4 is 5.32 Å². The molecule has 0 aliphatic carbocycles. The molecule has 1 aromatic carbocycles. The molecule has 0 radical (unpaired) electrons. The van der Waals surface area contributed by atoms with Gasteiger partial charge < -0.3 is 10.3 Å². The van der Waals surface area contributed by atoms with Gasteiger partial charge in [-0.2, -0.15) is 0 Å². The molecule has 5 heteroatoms. The molecule has 0 atom stereocenters. The highest BCUT2D eigenvalue weighted by molar-refractivity contribution is 7.98.